The van der Waals surface area contributed by atoms with E-state index in [1.807, 2.05) is 86.5 Å². The number of methoxy groups -OCH3 is 1. The first-order valence-corrected chi connectivity index (χ1v) is 13.8. The molecule has 2 aromatic carbocycles. The molecule has 1 atom stereocenters. The first-order valence-electron chi connectivity index (χ1n) is 13.0. The molecule has 0 aliphatic carbocycles. The van der Waals surface area contributed by atoms with Gasteiger partial charge < -0.3 is 24.0 Å². The molecule has 1 unspecified atom stereocenters. The van der Waals surface area contributed by atoms with Crippen LogP contribution in [0.15, 0.2) is 75.9 Å². The minimum Gasteiger partial charge on any atom is -0.493 e. The van der Waals surface area contributed by atoms with Crippen LogP contribution < -0.4 is 9.47 Å². The van der Waals surface area contributed by atoms with E-state index in [9.17, 15) is 9.59 Å². The molecule has 2 aromatic rings. The number of hydrogen-bond acceptors (Lipinski definition) is 8. The maximum atomic E-state index is 13.4. The molecule has 206 valence electrons. The van der Waals surface area contributed by atoms with Crippen molar-refractivity contribution in [2.45, 2.75) is 52.9 Å². The Kier molecular flexibility index (Phi) is 9.01. The lowest BCUT2D eigenvalue weighted by Crippen LogP contribution is -2.38. The number of ether oxygens (including phenoxy) is 3. The molecule has 0 N–H and O–H groups in total. The molecule has 1 amide bonds. The highest BCUT2D eigenvalue weighted by molar-refractivity contribution is 8.16. The molecule has 0 aromatic heterocycles. The maximum absolute atomic E-state index is 13.4. The highest BCUT2D eigenvalue weighted by Crippen LogP contribution is 2.46. The number of allylic oxidation sites excluding steroid dienone is 1. The van der Waals surface area contributed by atoms with Gasteiger partial charge in [-0.25, -0.2) is 9.79 Å². The number of aliphatic imine (C=N–C) groups is 1. The Labute approximate surface area is 234 Å². The van der Waals surface area contributed by atoms with E-state index < -0.39 is 12.0 Å². The number of nitrogens with zero attached hydrogens (tertiary/aromatic N) is 3. The molecule has 0 saturated carbocycles. The Balaban J connectivity index is 1.73. The van der Waals surface area contributed by atoms with Gasteiger partial charge in [-0.3, -0.25) is 4.79 Å². The molecule has 0 fully saturated rings. The number of fused-ring (bicyclic) bond motifs is 1. The Morgan fingerprint density at radius 2 is 1.87 bits per heavy atom. The molecule has 9 heteroatoms. The molecule has 0 saturated heterocycles. The van der Waals surface area contributed by atoms with Crippen molar-refractivity contribution in [2.75, 3.05) is 20.7 Å². The van der Waals surface area contributed by atoms with Crippen LogP contribution in [0.4, 0.5) is 0 Å². The van der Waals surface area contributed by atoms with E-state index in [4.69, 9.17) is 19.2 Å². The van der Waals surface area contributed by atoms with Crippen LogP contribution in [0.5, 0.6) is 11.5 Å². The second-order valence-electron chi connectivity index (χ2n) is 9.62. The van der Waals surface area contributed by atoms with E-state index >= 15 is 0 Å². The van der Waals surface area contributed by atoms with Gasteiger partial charge in [0.2, 0.25) is 5.91 Å². The summed E-state index contributed by atoms with van der Waals surface area (Å²) >= 11 is 1.45. The van der Waals surface area contributed by atoms with E-state index in [1.165, 1.54) is 11.8 Å². The molecule has 2 aliphatic heterocycles. The maximum Gasteiger partial charge on any atom is 0.338 e. The molecule has 2 aliphatic rings. The van der Waals surface area contributed by atoms with Gasteiger partial charge in [0, 0.05) is 19.3 Å². The third-order valence-electron chi connectivity index (χ3n) is 6.54. The number of hydrogen-bond donors (Lipinski definition) is 0. The zero-order valence-corrected chi connectivity index (χ0v) is 24.1. The van der Waals surface area contributed by atoms with Gasteiger partial charge in [-0.1, -0.05) is 48.2 Å². The number of thioether (sulfide) groups is 1. The molecular weight excluding hydrogens is 514 g/mol. The highest BCUT2D eigenvalue weighted by atomic mass is 32.2. The summed E-state index contributed by atoms with van der Waals surface area (Å²) < 4.78 is 17.4. The third kappa shape index (κ3) is 6.30. The van der Waals surface area contributed by atoms with Crippen molar-refractivity contribution in [3.05, 3.63) is 82.0 Å². The largest absolute Gasteiger partial charge is 0.493 e. The van der Waals surface area contributed by atoms with Crippen LogP contribution in [0.3, 0.4) is 0 Å². The van der Waals surface area contributed by atoms with Crippen molar-refractivity contribution < 1.29 is 23.8 Å². The van der Waals surface area contributed by atoms with Crippen LogP contribution in [0.2, 0.25) is 0 Å². The Bertz CT molecular complexity index is 1320. The second kappa shape index (κ2) is 12.4. The quantitative estimate of drug-likeness (QED) is 0.353. The van der Waals surface area contributed by atoms with Crippen LogP contribution in [0, 0.1) is 0 Å². The molecule has 4 rings (SSSR count). The molecule has 0 radical (unpaired) electrons. The number of amides is 1. The lowest BCUT2D eigenvalue weighted by Gasteiger charge is -2.37. The van der Waals surface area contributed by atoms with Gasteiger partial charge >= 0.3 is 5.97 Å². The van der Waals surface area contributed by atoms with Crippen molar-refractivity contribution in [3.63, 3.8) is 0 Å². The Hall–Kier alpha value is -3.72. The van der Waals surface area contributed by atoms with Crippen molar-refractivity contribution in [2.24, 2.45) is 4.99 Å². The zero-order chi connectivity index (χ0) is 28.1. The van der Waals surface area contributed by atoms with Gasteiger partial charge in [0.15, 0.2) is 16.7 Å². The monoisotopic (exact) mass is 549 g/mol. The van der Waals surface area contributed by atoms with Crippen molar-refractivity contribution >= 4 is 28.8 Å². The number of esters is 1. The van der Waals surface area contributed by atoms with Crippen LogP contribution in [-0.2, 0) is 20.9 Å². The van der Waals surface area contributed by atoms with Gasteiger partial charge in [0.25, 0.3) is 0 Å². The molecule has 39 heavy (non-hydrogen) atoms. The number of rotatable bonds is 10. The summed E-state index contributed by atoms with van der Waals surface area (Å²) in [5.74, 6) is 0.685. The lowest BCUT2D eigenvalue weighted by atomic mass is 9.93. The van der Waals surface area contributed by atoms with E-state index in [-0.39, 0.29) is 18.4 Å². The molecule has 8 nitrogen and oxygen atoms in total. The van der Waals surface area contributed by atoms with Crippen LogP contribution in [-0.4, -0.2) is 53.7 Å². The van der Waals surface area contributed by atoms with Crippen LogP contribution in [0.1, 0.15) is 51.3 Å². The summed E-state index contributed by atoms with van der Waals surface area (Å²) in [5.41, 5.74) is 3.63. The average molecular weight is 550 g/mol. The first-order chi connectivity index (χ1) is 18.7. The fraction of sp³-hybridized carbons (Fsp3) is 0.367. The van der Waals surface area contributed by atoms with E-state index in [1.54, 1.807) is 19.1 Å². The summed E-state index contributed by atoms with van der Waals surface area (Å²) in [6, 6.07) is 15.0. The highest BCUT2D eigenvalue weighted by Gasteiger charge is 2.41. The van der Waals surface area contributed by atoms with Gasteiger partial charge in [-0.2, -0.15) is 0 Å². The zero-order valence-electron chi connectivity index (χ0n) is 23.3. The third-order valence-corrected chi connectivity index (χ3v) is 7.43. The van der Waals surface area contributed by atoms with Crippen molar-refractivity contribution in [1.82, 2.24) is 9.80 Å². The topological polar surface area (TPSA) is 80.7 Å². The van der Waals surface area contributed by atoms with Gasteiger partial charge in [-0.15, -0.1) is 0 Å². The number of amidine groups is 1. The van der Waals surface area contributed by atoms with E-state index in [2.05, 4.69) is 0 Å². The summed E-state index contributed by atoms with van der Waals surface area (Å²) in [7, 11) is 3.37. The molecule has 0 bridgehead atoms. The Morgan fingerprint density at radius 3 is 2.54 bits per heavy atom. The van der Waals surface area contributed by atoms with Crippen LogP contribution >= 0.6 is 11.8 Å². The van der Waals surface area contributed by atoms with Crippen molar-refractivity contribution in [1.29, 1.82) is 0 Å². The summed E-state index contributed by atoms with van der Waals surface area (Å²) in [6.07, 6.45) is -0.108. The van der Waals surface area contributed by atoms with Gasteiger partial charge in [-0.05, 0) is 56.4 Å². The lowest BCUT2D eigenvalue weighted by molar-refractivity contribution is -0.143. The number of carbonyl (C=O) groups excluding carboxylic acids is 2. The second-order valence-corrected chi connectivity index (χ2v) is 10.5. The summed E-state index contributed by atoms with van der Waals surface area (Å²) in [5, 5.41) is 2.65. The molecular formula is C30H35N3O5S. The Morgan fingerprint density at radius 1 is 1.13 bits per heavy atom. The first kappa shape index (κ1) is 28.3. The van der Waals surface area contributed by atoms with Gasteiger partial charge in [0.05, 0.1) is 36.9 Å². The van der Waals surface area contributed by atoms with Crippen molar-refractivity contribution in [3.8, 4) is 11.5 Å². The average Bonchev–Trinajstić information content (AvgIpc) is 3.32. The van der Waals surface area contributed by atoms with Crippen LogP contribution in [0.25, 0.3) is 0 Å². The standard InChI is InChI=1S/C30H35N3O5S/c1-7-32(5)26(34)16-23-18-39-30-31-20(4)27(29(35)38-19(2)3)28(33(23)30)22-13-14-24(25(15-22)36-6)37-17-21-11-9-8-10-12-21/h8-15,18-19,28H,7,16-17H2,1-6H3. The fourth-order valence-corrected chi connectivity index (χ4v) is 5.36. The predicted molar refractivity (Wildman–Crippen MR) is 153 cm³/mol. The predicted octanol–water partition coefficient (Wildman–Crippen LogP) is 5.67. The van der Waals surface area contributed by atoms with E-state index in [0.717, 1.165) is 16.8 Å². The molecule has 0 spiro atoms. The normalized spacial score (nSPS) is 16.5. The minimum absolute atomic E-state index is 0.0100. The summed E-state index contributed by atoms with van der Waals surface area (Å²) in [4.78, 5) is 34.7. The fourth-order valence-electron chi connectivity index (χ4n) is 4.40. The van der Waals surface area contributed by atoms with Gasteiger partial charge in [0.1, 0.15) is 6.61 Å². The summed E-state index contributed by atoms with van der Waals surface area (Å²) in [6.45, 7) is 8.39. The smallest absolute Gasteiger partial charge is 0.338 e. The SMILES string of the molecule is CCN(C)C(=O)CC1=CSC2=NC(C)=C(C(=O)OC(C)C)C(c3ccc(OCc4ccccc4)c(OC)c3)N12. The van der Waals surface area contributed by atoms with E-state index in [0.29, 0.717) is 41.1 Å². The number of benzene rings is 2. The number of carbonyl (C=O) groups is 2. The molecule has 2 heterocycles. The minimum atomic E-state index is -0.554.